The monoisotopic (exact) mass is 249 g/mol. The third-order valence-corrected chi connectivity index (χ3v) is 3.00. The molecule has 102 valence electrons. The predicted octanol–water partition coefficient (Wildman–Crippen LogP) is 4.17. The lowest BCUT2D eigenvalue weighted by Gasteiger charge is -2.25. The highest BCUT2D eigenvalue weighted by atomic mass is 16.5. The third-order valence-electron chi connectivity index (χ3n) is 3.00. The summed E-state index contributed by atoms with van der Waals surface area (Å²) in [6.45, 7) is 10.7. The molecule has 0 aromatic heterocycles. The Kier molecular flexibility index (Phi) is 6.81. The number of benzene rings is 1. The number of ether oxygens (including phenoxy) is 1. The molecule has 0 saturated carbocycles. The molecule has 0 bridgehead atoms. The summed E-state index contributed by atoms with van der Waals surface area (Å²) in [5.41, 5.74) is 1.29. The first kappa shape index (κ1) is 15.0. The standard InChI is InChI=1S/C16H27NO/c1-5-11-17-16(13(3)4)14-9-7-8-10-15(14)18-12-6-2/h7-10,13,16-17H,5-6,11-12H2,1-4H3. The summed E-state index contributed by atoms with van der Waals surface area (Å²) in [6.07, 6.45) is 2.20. The van der Waals surface area contributed by atoms with Crippen molar-refractivity contribution in [3.8, 4) is 5.75 Å². The summed E-state index contributed by atoms with van der Waals surface area (Å²) in [4.78, 5) is 0. The number of hydrogen-bond acceptors (Lipinski definition) is 2. The zero-order valence-electron chi connectivity index (χ0n) is 12.2. The Bertz CT molecular complexity index is 336. The summed E-state index contributed by atoms with van der Waals surface area (Å²) < 4.78 is 5.86. The maximum absolute atomic E-state index is 5.86. The van der Waals surface area contributed by atoms with E-state index in [1.165, 1.54) is 5.56 Å². The van der Waals surface area contributed by atoms with Gasteiger partial charge < -0.3 is 10.1 Å². The van der Waals surface area contributed by atoms with Crippen LogP contribution < -0.4 is 10.1 Å². The van der Waals surface area contributed by atoms with Gasteiger partial charge in [-0.25, -0.2) is 0 Å². The predicted molar refractivity (Wildman–Crippen MR) is 78.1 cm³/mol. The summed E-state index contributed by atoms with van der Waals surface area (Å²) in [6, 6.07) is 8.77. The second-order valence-electron chi connectivity index (χ2n) is 5.06. The minimum absolute atomic E-state index is 0.373. The number of para-hydroxylation sites is 1. The highest BCUT2D eigenvalue weighted by molar-refractivity contribution is 5.36. The Morgan fingerprint density at radius 3 is 2.44 bits per heavy atom. The molecule has 18 heavy (non-hydrogen) atoms. The van der Waals surface area contributed by atoms with Gasteiger partial charge in [0, 0.05) is 11.6 Å². The van der Waals surface area contributed by atoms with Crippen LogP contribution in [0.1, 0.15) is 52.1 Å². The van der Waals surface area contributed by atoms with Crippen LogP contribution in [0.15, 0.2) is 24.3 Å². The van der Waals surface area contributed by atoms with E-state index in [1.54, 1.807) is 0 Å². The number of nitrogens with one attached hydrogen (secondary N) is 1. The van der Waals surface area contributed by atoms with Gasteiger partial charge in [0.25, 0.3) is 0 Å². The molecule has 1 N–H and O–H groups in total. The van der Waals surface area contributed by atoms with Crippen molar-refractivity contribution in [3.05, 3.63) is 29.8 Å². The Morgan fingerprint density at radius 2 is 1.83 bits per heavy atom. The molecule has 1 rings (SSSR count). The fourth-order valence-corrected chi connectivity index (χ4v) is 2.09. The van der Waals surface area contributed by atoms with Crippen LogP contribution in [0.4, 0.5) is 0 Å². The summed E-state index contributed by atoms with van der Waals surface area (Å²) in [7, 11) is 0. The number of rotatable bonds is 8. The summed E-state index contributed by atoms with van der Waals surface area (Å²) in [5.74, 6) is 1.59. The lowest BCUT2D eigenvalue weighted by atomic mass is 9.95. The van der Waals surface area contributed by atoms with E-state index in [-0.39, 0.29) is 0 Å². The molecule has 0 radical (unpaired) electrons. The molecule has 0 heterocycles. The fourth-order valence-electron chi connectivity index (χ4n) is 2.09. The van der Waals surface area contributed by atoms with Gasteiger partial charge in [0.2, 0.25) is 0 Å². The lowest BCUT2D eigenvalue weighted by molar-refractivity contribution is 0.303. The summed E-state index contributed by atoms with van der Waals surface area (Å²) >= 11 is 0. The fraction of sp³-hybridized carbons (Fsp3) is 0.625. The molecule has 1 aromatic carbocycles. The molecule has 0 aliphatic carbocycles. The third kappa shape index (κ3) is 4.34. The average molecular weight is 249 g/mol. The van der Waals surface area contributed by atoms with E-state index in [4.69, 9.17) is 4.74 Å². The highest BCUT2D eigenvalue weighted by Crippen LogP contribution is 2.30. The van der Waals surface area contributed by atoms with Crippen LogP contribution in [-0.4, -0.2) is 13.2 Å². The molecule has 1 aromatic rings. The summed E-state index contributed by atoms with van der Waals surface area (Å²) in [5, 5.41) is 3.62. The number of hydrogen-bond donors (Lipinski definition) is 1. The highest BCUT2D eigenvalue weighted by Gasteiger charge is 2.18. The molecular weight excluding hydrogens is 222 g/mol. The van der Waals surface area contributed by atoms with Crippen molar-refractivity contribution in [1.29, 1.82) is 0 Å². The van der Waals surface area contributed by atoms with Crippen molar-refractivity contribution in [1.82, 2.24) is 5.32 Å². The smallest absolute Gasteiger partial charge is 0.124 e. The Hall–Kier alpha value is -1.02. The van der Waals surface area contributed by atoms with Crippen LogP contribution in [0.5, 0.6) is 5.75 Å². The van der Waals surface area contributed by atoms with Crippen LogP contribution in [0.3, 0.4) is 0 Å². The normalized spacial score (nSPS) is 12.7. The van der Waals surface area contributed by atoms with E-state index >= 15 is 0 Å². The maximum Gasteiger partial charge on any atom is 0.124 e. The van der Waals surface area contributed by atoms with Crippen molar-refractivity contribution < 1.29 is 4.74 Å². The Balaban J connectivity index is 2.88. The zero-order valence-corrected chi connectivity index (χ0v) is 12.2. The van der Waals surface area contributed by atoms with Gasteiger partial charge in [-0.05, 0) is 31.4 Å². The molecule has 0 aliphatic heterocycles. The van der Waals surface area contributed by atoms with Gasteiger partial charge in [0.15, 0.2) is 0 Å². The van der Waals surface area contributed by atoms with Crippen LogP contribution in [0, 0.1) is 5.92 Å². The molecule has 0 fully saturated rings. The molecular formula is C16H27NO. The van der Waals surface area contributed by atoms with E-state index in [0.29, 0.717) is 12.0 Å². The van der Waals surface area contributed by atoms with Crippen molar-refractivity contribution in [3.63, 3.8) is 0 Å². The van der Waals surface area contributed by atoms with Gasteiger partial charge in [-0.2, -0.15) is 0 Å². The quantitative estimate of drug-likeness (QED) is 0.746. The SMILES string of the molecule is CCCNC(c1ccccc1OCCC)C(C)C. The second kappa shape index (κ2) is 8.15. The average Bonchev–Trinajstić information content (AvgIpc) is 2.37. The van der Waals surface area contributed by atoms with Crippen molar-refractivity contribution >= 4 is 0 Å². The van der Waals surface area contributed by atoms with E-state index in [1.807, 2.05) is 6.07 Å². The maximum atomic E-state index is 5.86. The van der Waals surface area contributed by atoms with Gasteiger partial charge >= 0.3 is 0 Å². The van der Waals surface area contributed by atoms with E-state index in [0.717, 1.165) is 31.7 Å². The molecule has 0 amide bonds. The lowest BCUT2D eigenvalue weighted by Crippen LogP contribution is -2.27. The van der Waals surface area contributed by atoms with Crippen LogP contribution in [-0.2, 0) is 0 Å². The largest absolute Gasteiger partial charge is 0.493 e. The minimum atomic E-state index is 0.373. The van der Waals surface area contributed by atoms with Gasteiger partial charge in [-0.1, -0.05) is 45.9 Å². The van der Waals surface area contributed by atoms with E-state index in [2.05, 4.69) is 51.2 Å². The molecule has 0 spiro atoms. The second-order valence-corrected chi connectivity index (χ2v) is 5.06. The molecule has 0 saturated heterocycles. The van der Waals surface area contributed by atoms with Crippen molar-refractivity contribution in [2.45, 2.75) is 46.6 Å². The minimum Gasteiger partial charge on any atom is -0.493 e. The first-order chi connectivity index (χ1) is 8.70. The Labute approximate surface area is 112 Å². The molecule has 0 aliphatic rings. The molecule has 2 heteroatoms. The van der Waals surface area contributed by atoms with Gasteiger partial charge in [-0.3, -0.25) is 0 Å². The van der Waals surface area contributed by atoms with Gasteiger partial charge in [-0.15, -0.1) is 0 Å². The molecule has 1 unspecified atom stereocenters. The van der Waals surface area contributed by atoms with Crippen LogP contribution in [0.25, 0.3) is 0 Å². The topological polar surface area (TPSA) is 21.3 Å². The molecule has 1 atom stereocenters. The van der Waals surface area contributed by atoms with E-state index in [9.17, 15) is 0 Å². The van der Waals surface area contributed by atoms with Crippen LogP contribution in [0.2, 0.25) is 0 Å². The van der Waals surface area contributed by atoms with Crippen molar-refractivity contribution in [2.24, 2.45) is 5.92 Å². The molecule has 2 nitrogen and oxygen atoms in total. The van der Waals surface area contributed by atoms with E-state index < -0.39 is 0 Å². The zero-order chi connectivity index (χ0) is 13.4. The van der Waals surface area contributed by atoms with Crippen molar-refractivity contribution in [2.75, 3.05) is 13.2 Å². The van der Waals surface area contributed by atoms with Crippen LogP contribution >= 0.6 is 0 Å². The van der Waals surface area contributed by atoms with Gasteiger partial charge in [0.05, 0.1) is 6.61 Å². The van der Waals surface area contributed by atoms with Gasteiger partial charge in [0.1, 0.15) is 5.75 Å². The first-order valence-electron chi connectivity index (χ1n) is 7.15. The Morgan fingerprint density at radius 1 is 1.11 bits per heavy atom. The first-order valence-corrected chi connectivity index (χ1v) is 7.15.